The molecule has 0 aromatic heterocycles. The number of benzene rings is 1. The number of rotatable bonds is 3. The van der Waals surface area contributed by atoms with E-state index in [1.807, 2.05) is 0 Å². The molecule has 1 fully saturated rings. The lowest BCUT2D eigenvalue weighted by Crippen LogP contribution is -2.37. The Morgan fingerprint density at radius 1 is 1.35 bits per heavy atom. The molecule has 1 N–H and O–H groups in total. The second-order valence-electron chi connectivity index (χ2n) is 4.44. The highest BCUT2D eigenvalue weighted by Gasteiger charge is 2.24. The summed E-state index contributed by atoms with van der Waals surface area (Å²) in [5.74, 6) is -0.388. The van der Waals surface area contributed by atoms with E-state index in [1.54, 1.807) is 19.2 Å². The van der Waals surface area contributed by atoms with Gasteiger partial charge in [-0.1, -0.05) is 24.4 Å². The summed E-state index contributed by atoms with van der Waals surface area (Å²) in [4.78, 5) is 0. The molecule has 0 spiro atoms. The van der Waals surface area contributed by atoms with Crippen molar-refractivity contribution >= 4 is 17.3 Å². The molecule has 2 nitrogen and oxygen atoms in total. The maximum Gasteiger partial charge on any atom is 0.143 e. The maximum atomic E-state index is 13.3. The third-order valence-electron chi connectivity index (χ3n) is 3.28. The van der Waals surface area contributed by atoms with Gasteiger partial charge in [-0.15, -0.1) is 0 Å². The predicted octanol–water partition coefficient (Wildman–Crippen LogP) is 3.85. The van der Waals surface area contributed by atoms with Crippen molar-refractivity contribution in [3.63, 3.8) is 0 Å². The summed E-state index contributed by atoms with van der Waals surface area (Å²) in [7, 11) is 1.73. The first kappa shape index (κ1) is 12.7. The van der Waals surface area contributed by atoms with Crippen molar-refractivity contribution in [1.82, 2.24) is 0 Å². The second kappa shape index (κ2) is 5.69. The van der Waals surface area contributed by atoms with Gasteiger partial charge in [0.2, 0.25) is 0 Å². The topological polar surface area (TPSA) is 21.3 Å². The fourth-order valence-corrected chi connectivity index (χ4v) is 2.46. The van der Waals surface area contributed by atoms with Gasteiger partial charge in [0, 0.05) is 12.8 Å². The van der Waals surface area contributed by atoms with Gasteiger partial charge in [-0.05, 0) is 31.0 Å². The van der Waals surface area contributed by atoms with Crippen LogP contribution in [0, 0.1) is 5.82 Å². The lowest BCUT2D eigenvalue weighted by molar-refractivity contribution is 0.0606. The quantitative estimate of drug-likeness (QED) is 0.888. The minimum Gasteiger partial charge on any atom is -0.380 e. The van der Waals surface area contributed by atoms with Gasteiger partial charge in [0.05, 0.1) is 17.2 Å². The van der Waals surface area contributed by atoms with Gasteiger partial charge in [-0.25, -0.2) is 4.39 Å². The number of nitrogens with one attached hydrogen (secondary N) is 1. The highest BCUT2D eigenvalue weighted by Crippen LogP contribution is 2.25. The molecule has 2 rings (SSSR count). The smallest absolute Gasteiger partial charge is 0.143 e. The molecule has 4 heteroatoms. The average Bonchev–Trinajstić information content (AvgIpc) is 2.34. The lowest BCUT2D eigenvalue weighted by atomic mass is 9.92. The van der Waals surface area contributed by atoms with Gasteiger partial charge in [0.15, 0.2) is 0 Å². The highest BCUT2D eigenvalue weighted by atomic mass is 35.5. The van der Waals surface area contributed by atoms with E-state index in [-0.39, 0.29) is 23.0 Å². The lowest BCUT2D eigenvalue weighted by Gasteiger charge is -2.31. The Balaban J connectivity index is 2.05. The molecule has 1 aromatic rings. The molecule has 0 radical (unpaired) electrons. The normalized spacial score (nSPS) is 24.6. The molecule has 0 bridgehead atoms. The maximum absolute atomic E-state index is 13.3. The first-order chi connectivity index (χ1) is 8.20. The van der Waals surface area contributed by atoms with Crippen molar-refractivity contribution in [3.8, 4) is 0 Å². The molecule has 0 heterocycles. The number of halogens is 2. The van der Waals surface area contributed by atoms with Crippen LogP contribution < -0.4 is 5.32 Å². The van der Waals surface area contributed by atoms with E-state index in [1.165, 1.54) is 18.9 Å². The minimum absolute atomic E-state index is 0.155. The summed E-state index contributed by atoms with van der Waals surface area (Å²) in [5, 5.41) is 3.48. The highest BCUT2D eigenvalue weighted by molar-refractivity contribution is 6.30. The third-order valence-corrected chi connectivity index (χ3v) is 3.58. The molecule has 1 saturated carbocycles. The summed E-state index contributed by atoms with van der Waals surface area (Å²) >= 11 is 5.65. The first-order valence-corrected chi connectivity index (χ1v) is 6.33. The van der Waals surface area contributed by atoms with E-state index in [2.05, 4.69) is 5.32 Å². The monoisotopic (exact) mass is 257 g/mol. The van der Waals surface area contributed by atoms with Crippen molar-refractivity contribution in [2.75, 3.05) is 12.4 Å². The van der Waals surface area contributed by atoms with Crippen LogP contribution in [0.25, 0.3) is 0 Å². The Hall–Kier alpha value is -0.800. The molecule has 0 aliphatic heterocycles. The fraction of sp³-hybridized carbons (Fsp3) is 0.538. The van der Waals surface area contributed by atoms with E-state index in [4.69, 9.17) is 16.3 Å². The van der Waals surface area contributed by atoms with Crippen LogP contribution in [0.2, 0.25) is 5.02 Å². The number of anilines is 1. The van der Waals surface area contributed by atoms with Gasteiger partial charge in [0.25, 0.3) is 0 Å². The van der Waals surface area contributed by atoms with Crippen LogP contribution in [0.3, 0.4) is 0 Å². The standard InChI is InChI=1S/C13H17ClFNO/c1-17-13-5-3-2-4-12(13)16-9-6-7-10(14)11(15)8-9/h6-8,12-13,16H,2-5H2,1H3. The zero-order valence-corrected chi connectivity index (χ0v) is 10.6. The van der Waals surface area contributed by atoms with Crippen LogP contribution in [-0.4, -0.2) is 19.3 Å². The molecular weight excluding hydrogens is 241 g/mol. The Morgan fingerprint density at radius 3 is 2.82 bits per heavy atom. The van der Waals surface area contributed by atoms with E-state index in [9.17, 15) is 4.39 Å². The van der Waals surface area contributed by atoms with Gasteiger partial charge in [0.1, 0.15) is 5.82 Å². The third kappa shape index (κ3) is 3.11. The number of hydrogen-bond donors (Lipinski definition) is 1. The van der Waals surface area contributed by atoms with Crippen molar-refractivity contribution in [1.29, 1.82) is 0 Å². The number of methoxy groups -OCH3 is 1. The zero-order valence-electron chi connectivity index (χ0n) is 9.88. The summed E-state index contributed by atoms with van der Waals surface area (Å²) in [5.41, 5.74) is 0.765. The van der Waals surface area contributed by atoms with E-state index < -0.39 is 0 Å². The largest absolute Gasteiger partial charge is 0.380 e. The molecule has 2 unspecified atom stereocenters. The van der Waals surface area contributed by atoms with Crippen LogP contribution in [0.15, 0.2) is 18.2 Å². The first-order valence-electron chi connectivity index (χ1n) is 5.95. The Kier molecular flexibility index (Phi) is 4.24. The predicted molar refractivity (Wildman–Crippen MR) is 68.1 cm³/mol. The van der Waals surface area contributed by atoms with Crippen LogP contribution >= 0.6 is 11.6 Å². The van der Waals surface area contributed by atoms with Gasteiger partial charge < -0.3 is 10.1 Å². The van der Waals surface area contributed by atoms with Crippen molar-refractivity contribution in [3.05, 3.63) is 29.0 Å². The summed E-state index contributed by atoms with van der Waals surface area (Å²) < 4.78 is 18.8. The van der Waals surface area contributed by atoms with Gasteiger partial charge in [-0.2, -0.15) is 0 Å². The van der Waals surface area contributed by atoms with Crippen molar-refractivity contribution in [2.45, 2.75) is 37.8 Å². The molecule has 1 aliphatic rings. The Morgan fingerprint density at radius 2 is 2.12 bits per heavy atom. The van der Waals surface area contributed by atoms with Crippen LogP contribution in [0.5, 0.6) is 0 Å². The molecule has 0 amide bonds. The van der Waals surface area contributed by atoms with E-state index in [0.29, 0.717) is 0 Å². The number of hydrogen-bond acceptors (Lipinski definition) is 2. The van der Waals surface area contributed by atoms with Crippen LogP contribution in [-0.2, 0) is 4.74 Å². The summed E-state index contributed by atoms with van der Waals surface area (Å²) in [6.45, 7) is 0. The second-order valence-corrected chi connectivity index (χ2v) is 4.85. The molecule has 1 aliphatic carbocycles. The zero-order chi connectivity index (χ0) is 12.3. The van der Waals surface area contributed by atoms with Crippen molar-refractivity contribution < 1.29 is 9.13 Å². The summed E-state index contributed by atoms with van der Waals surface area (Å²) in [6.07, 6.45) is 4.72. The molecule has 17 heavy (non-hydrogen) atoms. The van der Waals surface area contributed by atoms with Crippen LogP contribution in [0.1, 0.15) is 25.7 Å². The summed E-state index contributed by atoms with van der Waals surface area (Å²) in [6, 6.07) is 5.06. The van der Waals surface area contributed by atoms with Gasteiger partial charge in [-0.3, -0.25) is 0 Å². The Labute approximate surface area is 106 Å². The Bertz CT molecular complexity index is 386. The molecule has 1 aromatic carbocycles. The van der Waals surface area contributed by atoms with E-state index in [0.717, 1.165) is 18.5 Å². The number of ether oxygens (including phenoxy) is 1. The molecule has 2 atom stereocenters. The molecular formula is C13H17ClFNO. The fourth-order valence-electron chi connectivity index (χ4n) is 2.34. The van der Waals surface area contributed by atoms with Crippen molar-refractivity contribution in [2.24, 2.45) is 0 Å². The minimum atomic E-state index is -0.388. The molecule has 94 valence electrons. The SMILES string of the molecule is COC1CCCCC1Nc1ccc(Cl)c(F)c1. The van der Waals surface area contributed by atoms with E-state index >= 15 is 0 Å². The van der Waals surface area contributed by atoms with Crippen LogP contribution in [0.4, 0.5) is 10.1 Å². The molecule has 0 saturated heterocycles. The average molecular weight is 258 g/mol. The van der Waals surface area contributed by atoms with Gasteiger partial charge >= 0.3 is 0 Å².